The highest BCUT2D eigenvalue weighted by atomic mass is 16.5. The highest BCUT2D eigenvalue weighted by molar-refractivity contribution is 6.00. The lowest BCUT2D eigenvalue weighted by Gasteiger charge is -2.28. The van der Waals surface area contributed by atoms with Gasteiger partial charge >= 0.3 is 0 Å². The van der Waals surface area contributed by atoms with Crippen molar-refractivity contribution < 1.29 is 14.3 Å². The molecule has 7 heteroatoms. The van der Waals surface area contributed by atoms with Crippen LogP contribution in [0, 0.1) is 0 Å². The number of carbonyl (C=O) groups is 1. The molecule has 7 nitrogen and oxygen atoms in total. The second-order valence-electron chi connectivity index (χ2n) is 7.34. The van der Waals surface area contributed by atoms with Crippen molar-refractivity contribution in [2.24, 2.45) is 0 Å². The van der Waals surface area contributed by atoms with E-state index in [1.54, 1.807) is 32.7 Å². The molecule has 1 aliphatic rings. The maximum atomic E-state index is 12.8. The molecular formula is C23H26N4O3. The lowest BCUT2D eigenvalue weighted by Crippen LogP contribution is -2.30. The highest BCUT2D eigenvalue weighted by Gasteiger charge is 2.17. The van der Waals surface area contributed by atoms with E-state index in [-0.39, 0.29) is 5.91 Å². The minimum absolute atomic E-state index is 0.150. The monoisotopic (exact) mass is 406 g/mol. The number of benzene rings is 2. The van der Waals surface area contributed by atoms with Crippen LogP contribution in [0.25, 0.3) is 10.9 Å². The first kappa shape index (κ1) is 19.9. The first-order chi connectivity index (χ1) is 14.7. The molecule has 1 fully saturated rings. The Kier molecular flexibility index (Phi) is 5.97. The molecule has 0 spiro atoms. The van der Waals surface area contributed by atoms with Crippen molar-refractivity contribution in [1.82, 2.24) is 15.3 Å². The molecule has 1 saturated heterocycles. The summed E-state index contributed by atoms with van der Waals surface area (Å²) in [6.07, 6.45) is 5.18. The summed E-state index contributed by atoms with van der Waals surface area (Å²) >= 11 is 0. The Balaban J connectivity index is 1.55. The minimum Gasteiger partial charge on any atom is -0.497 e. The van der Waals surface area contributed by atoms with E-state index in [2.05, 4.69) is 20.2 Å². The van der Waals surface area contributed by atoms with Gasteiger partial charge in [0.25, 0.3) is 5.91 Å². The van der Waals surface area contributed by atoms with Crippen molar-refractivity contribution in [2.45, 2.75) is 25.8 Å². The number of rotatable bonds is 6. The van der Waals surface area contributed by atoms with Gasteiger partial charge < -0.3 is 19.7 Å². The van der Waals surface area contributed by atoms with Gasteiger partial charge in [-0.3, -0.25) is 4.79 Å². The van der Waals surface area contributed by atoms with Crippen molar-refractivity contribution in [1.29, 1.82) is 0 Å². The van der Waals surface area contributed by atoms with Gasteiger partial charge in [-0.05, 0) is 49.6 Å². The Morgan fingerprint density at radius 3 is 2.63 bits per heavy atom. The van der Waals surface area contributed by atoms with Crippen molar-refractivity contribution in [3.63, 3.8) is 0 Å². The number of hydrogen-bond acceptors (Lipinski definition) is 6. The molecule has 0 atom stereocenters. The normalized spacial score (nSPS) is 13.9. The predicted molar refractivity (Wildman–Crippen MR) is 116 cm³/mol. The molecule has 2 heterocycles. The standard InChI is InChI=1S/C23H26N4O3/c1-29-18-8-6-17(21(13-18)30-2)14-24-23(28)16-7-9-20-19(12-16)22(26-15-25-20)27-10-4-3-5-11-27/h6-9,12-13,15H,3-5,10-11,14H2,1-2H3,(H,24,28). The molecule has 3 aromatic rings. The first-order valence-electron chi connectivity index (χ1n) is 10.2. The SMILES string of the molecule is COc1ccc(CNC(=O)c2ccc3ncnc(N4CCCCC4)c3c2)c(OC)c1. The van der Waals surface area contributed by atoms with E-state index in [1.165, 1.54) is 6.42 Å². The van der Waals surface area contributed by atoms with E-state index >= 15 is 0 Å². The number of methoxy groups -OCH3 is 2. The van der Waals surface area contributed by atoms with E-state index < -0.39 is 0 Å². The largest absolute Gasteiger partial charge is 0.497 e. The van der Waals surface area contributed by atoms with E-state index in [4.69, 9.17) is 9.47 Å². The van der Waals surface area contributed by atoms with Crippen molar-refractivity contribution in [3.05, 3.63) is 53.9 Å². The summed E-state index contributed by atoms with van der Waals surface area (Å²) in [5.41, 5.74) is 2.31. The molecule has 0 saturated carbocycles. The molecule has 1 aliphatic heterocycles. The van der Waals surface area contributed by atoms with Crippen LogP contribution in [0.4, 0.5) is 5.82 Å². The van der Waals surface area contributed by atoms with Crippen LogP contribution in [-0.2, 0) is 6.54 Å². The highest BCUT2D eigenvalue weighted by Crippen LogP contribution is 2.27. The molecule has 0 unspecified atom stereocenters. The fourth-order valence-electron chi connectivity index (χ4n) is 3.82. The number of amides is 1. The number of aromatic nitrogens is 2. The molecule has 30 heavy (non-hydrogen) atoms. The third kappa shape index (κ3) is 4.15. The Hall–Kier alpha value is -3.35. The average molecular weight is 406 g/mol. The molecule has 156 valence electrons. The maximum Gasteiger partial charge on any atom is 0.251 e. The molecule has 1 N–H and O–H groups in total. The summed E-state index contributed by atoms with van der Waals surface area (Å²) in [6, 6.07) is 11.1. The molecule has 1 aromatic heterocycles. The Labute approximate surface area is 176 Å². The zero-order valence-corrected chi connectivity index (χ0v) is 17.4. The molecule has 0 radical (unpaired) electrons. The summed E-state index contributed by atoms with van der Waals surface area (Å²) in [4.78, 5) is 24.0. The van der Waals surface area contributed by atoms with Gasteiger partial charge in [-0.15, -0.1) is 0 Å². The summed E-state index contributed by atoms with van der Waals surface area (Å²) in [7, 11) is 3.21. The molecule has 0 aliphatic carbocycles. The second kappa shape index (κ2) is 8.98. The second-order valence-corrected chi connectivity index (χ2v) is 7.34. The van der Waals surface area contributed by atoms with Gasteiger partial charge in [-0.2, -0.15) is 0 Å². The number of piperidine rings is 1. The number of fused-ring (bicyclic) bond motifs is 1. The predicted octanol–water partition coefficient (Wildman–Crippen LogP) is 3.57. The summed E-state index contributed by atoms with van der Waals surface area (Å²) < 4.78 is 10.6. The fourth-order valence-corrected chi connectivity index (χ4v) is 3.82. The molecule has 4 rings (SSSR count). The average Bonchev–Trinajstić information content (AvgIpc) is 2.82. The number of ether oxygens (including phenoxy) is 2. The third-order valence-electron chi connectivity index (χ3n) is 5.47. The van der Waals surface area contributed by atoms with Crippen LogP contribution < -0.4 is 19.7 Å². The Bertz CT molecular complexity index is 1050. The van der Waals surface area contributed by atoms with Gasteiger partial charge in [0.05, 0.1) is 19.7 Å². The number of anilines is 1. The van der Waals surface area contributed by atoms with Gasteiger partial charge in [-0.1, -0.05) is 0 Å². The van der Waals surface area contributed by atoms with Gasteiger partial charge in [0.1, 0.15) is 23.6 Å². The van der Waals surface area contributed by atoms with Gasteiger partial charge in [-0.25, -0.2) is 9.97 Å². The zero-order chi connectivity index (χ0) is 20.9. The number of carbonyl (C=O) groups excluding carboxylic acids is 1. The van der Waals surface area contributed by atoms with Crippen LogP contribution in [0.3, 0.4) is 0 Å². The van der Waals surface area contributed by atoms with Crippen LogP contribution in [0.1, 0.15) is 35.2 Å². The minimum atomic E-state index is -0.150. The summed E-state index contributed by atoms with van der Waals surface area (Å²) in [5.74, 6) is 2.14. The van der Waals surface area contributed by atoms with E-state index in [1.807, 2.05) is 24.3 Å². The van der Waals surface area contributed by atoms with Crippen molar-refractivity contribution in [3.8, 4) is 11.5 Å². The van der Waals surface area contributed by atoms with E-state index in [0.717, 1.165) is 48.2 Å². The van der Waals surface area contributed by atoms with Crippen LogP contribution in [0.2, 0.25) is 0 Å². The quantitative estimate of drug-likeness (QED) is 0.674. The number of nitrogens with zero attached hydrogens (tertiary/aromatic N) is 3. The molecule has 0 bridgehead atoms. The van der Waals surface area contributed by atoms with Crippen LogP contribution in [-0.4, -0.2) is 43.2 Å². The molecule has 2 aromatic carbocycles. The number of hydrogen-bond donors (Lipinski definition) is 1. The topological polar surface area (TPSA) is 76.6 Å². The maximum absolute atomic E-state index is 12.8. The fraction of sp³-hybridized carbons (Fsp3) is 0.348. The Morgan fingerprint density at radius 2 is 1.87 bits per heavy atom. The first-order valence-corrected chi connectivity index (χ1v) is 10.2. The van der Waals surface area contributed by atoms with Crippen LogP contribution in [0.5, 0.6) is 11.5 Å². The van der Waals surface area contributed by atoms with E-state index in [0.29, 0.717) is 23.6 Å². The lowest BCUT2D eigenvalue weighted by molar-refractivity contribution is 0.0951. The molecular weight excluding hydrogens is 380 g/mol. The zero-order valence-electron chi connectivity index (χ0n) is 17.4. The third-order valence-corrected chi connectivity index (χ3v) is 5.47. The molecule has 1 amide bonds. The Morgan fingerprint density at radius 1 is 1.03 bits per heavy atom. The van der Waals surface area contributed by atoms with Crippen molar-refractivity contribution in [2.75, 3.05) is 32.2 Å². The van der Waals surface area contributed by atoms with Crippen molar-refractivity contribution >= 4 is 22.6 Å². The summed E-state index contributed by atoms with van der Waals surface area (Å²) in [6.45, 7) is 2.33. The van der Waals surface area contributed by atoms with Crippen LogP contribution >= 0.6 is 0 Å². The van der Waals surface area contributed by atoms with Crippen LogP contribution in [0.15, 0.2) is 42.7 Å². The van der Waals surface area contributed by atoms with Gasteiger partial charge in [0.15, 0.2) is 0 Å². The smallest absolute Gasteiger partial charge is 0.251 e. The number of nitrogens with one attached hydrogen (secondary N) is 1. The van der Waals surface area contributed by atoms with Gasteiger partial charge in [0, 0.05) is 42.2 Å². The lowest BCUT2D eigenvalue weighted by atomic mass is 10.1. The summed E-state index contributed by atoms with van der Waals surface area (Å²) in [5, 5.41) is 3.89. The van der Waals surface area contributed by atoms with Gasteiger partial charge in [0.2, 0.25) is 0 Å². The van der Waals surface area contributed by atoms with E-state index in [9.17, 15) is 4.79 Å².